The first-order valence-corrected chi connectivity index (χ1v) is 14.5. The van der Waals surface area contributed by atoms with E-state index in [4.69, 9.17) is 32.9 Å². The Morgan fingerprint density at radius 3 is 2.40 bits per heavy atom. The highest BCUT2D eigenvalue weighted by molar-refractivity contribution is 6.18. The third kappa shape index (κ3) is 6.54. The fourth-order valence-corrected chi connectivity index (χ4v) is 5.44. The van der Waals surface area contributed by atoms with Crippen LogP contribution in [0.5, 0.6) is 5.75 Å². The number of alkyl halides is 2. The second-order valence-electron chi connectivity index (χ2n) is 9.67. The van der Waals surface area contributed by atoms with Crippen molar-refractivity contribution in [2.45, 2.75) is 12.8 Å². The summed E-state index contributed by atoms with van der Waals surface area (Å²) >= 11 is 11.9. The number of carbonyl (C=O) groups excluding carboxylic acids is 1. The average molecular weight is 579 g/mol. The van der Waals surface area contributed by atoms with E-state index >= 15 is 0 Å². The highest BCUT2D eigenvalue weighted by Gasteiger charge is 2.16. The minimum absolute atomic E-state index is 0.332. The molecule has 1 aromatic heterocycles. The van der Waals surface area contributed by atoms with E-state index in [2.05, 4.69) is 32.6 Å². The van der Waals surface area contributed by atoms with Crippen molar-refractivity contribution in [3.05, 3.63) is 72.8 Å². The minimum Gasteiger partial charge on any atom is -0.497 e. The molecule has 1 saturated heterocycles. The van der Waals surface area contributed by atoms with Crippen molar-refractivity contribution in [3.63, 3.8) is 0 Å². The van der Waals surface area contributed by atoms with Gasteiger partial charge in [-0.05, 0) is 73.5 Å². The predicted molar refractivity (Wildman–Crippen MR) is 168 cm³/mol. The van der Waals surface area contributed by atoms with E-state index in [0.717, 1.165) is 52.4 Å². The second-order valence-corrected chi connectivity index (χ2v) is 10.4. The lowest BCUT2D eigenvalue weighted by Gasteiger charge is -2.23. The molecule has 1 fully saturated rings. The molecule has 0 unspecified atom stereocenters. The van der Waals surface area contributed by atoms with Gasteiger partial charge in [0, 0.05) is 66.0 Å². The molecule has 0 radical (unpaired) electrons. The Morgan fingerprint density at radius 2 is 1.70 bits per heavy atom. The van der Waals surface area contributed by atoms with Crippen LogP contribution in [0.2, 0.25) is 0 Å². The van der Waals surface area contributed by atoms with Gasteiger partial charge in [-0.2, -0.15) is 0 Å². The summed E-state index contributed by atoms with van der Waals surface area (Å²) in [6.07, 6.45) is 2.37. The molecule has 5 rings (SSSR count). The molecule has 0 aliphatic carbocycles. The van der Waals surface area contributed by atoms with Gasteiger partial charge in [0.1, 0.15) is 5.75 Å². The molecule has 9 heteroatoms. The van der Waals surface area contributed by atoms with E-state index < -0.39 is 0 Å². The topological polar surface area (TPSA) is 69.7 Å². The molecular formula is C31H33Cl2N5O2. The van der Waals surface area contributed by atoms with Gasteiger partial charge in [-0.3, -0.25) is 0 Å². The van der Waals surface area contributed by atoms with Gasteiger partial charge in [-0.1, -0.05) is 12.1 Å². The molecular weight excluding hydrogens is 545 g/mol. The van der Waals surface area contributed by atoms with Crippen molar-refractivity contribution in [1.82, 2.24) is 4.98 Å². The molecule has 1 aliphatic rings. The van der Waals surface area contributed by atoms with E-state index in [9.17, 15) is 4.79 Å². The second kappa shape index (κ2) is 13.1. The number of aromatic nitrogens is 1. The van der Waals surface area contributed by atoms with Crippen LogP contribution in [0.3, 0.4) is 0 Å². The van der Waals surface area contributed by atoms with Gasteiger partial charge >= 0.3 is 6.03 Å². The van der Waals surface area contributed by atoms with E-state index in [-0.39, 0.29) is 6.03 Å². The highest BCUT2D eigenvalue weighted by Crippen LogP contribution is 2.33. The number of benzene rings is 3. The third-order valence-electron chi connectivity index (χ3n) is 7.08. The minimum atomic E-state index is -0.332. The van der Waals surface area contributed by atoms with Crippen molar-refractivity contribution >= 4 is 62.9 Å². The van der Waals surface area contributed by atoms with Crippen LogP contribution in [0, 0.1) is 0 Å². The van der Waals surface area contributed by atoms with Crippen molar-refractivity contribution in [2.24, 2.45) is 0 Å². The maximum Gasteiger partial charge on any atom is 0.323 e. The van der Waals surface area contributed by atoms with Gasteiger partial charge in [-0.25, -0.2) is 9.78 Å². The number of hydrogen-bond acceptors (Lipinski definition) is 5. The first kappa shape index (κ1) is 27.9. The van der Waals surface area contributed by atoms with Gasteiger partial charge in [0.15, 0.2) is 0 Å². The molecule has 3 aromatic carbocycles. The largest absolute Gasteiger partial charge is 0.497 e. The normalized spacial score (nSPS) is 12.9. The van der Waals surface area contributed by atoms with Gasteiger partial charge in [0.25, 0.3) is 0 Å². The number of carbonyl (C=O) groups is 1. The lowest BCUT2D eigenvalue weighted by atomic mass is 10.1. The molecule has 1 aliphatic heterocycles. The standard InChI is InChI=1S/C31H33Cl2N5O2/c1-40-26-6-4-5-22(19-26)29-21-30(27-20-25(11-12-28(27)35-29)37-15-2-3-16-37)36-31(39)34-23-7-9-24(10-8-23)38(17-13-32)18-14-33/h4-12,19-21H,2-3,13-18H2,1H3,(H2,34,35,36,39). The van der Waals surface area contributed by atoms with Crippen LogP contribution in [0.1, 0.15) is 12.8 Å². The first-order valence-electron chi connectivity index (χ1n) is 13.5. The third-order valence-corrected chi connectivity index (χ3v) is 7.41. The molecule has 2 amide bonds. The van der Waals surface area contributed by atoms with Gasteiger partial charge < -0.3 is 25.2 Å². The van der Waals surface area contributed by atoms with Gasteiger partial charge in [-0.15, -0.1) is 23.2 Å². The molecule has 0 spiro atoms. The molecule has 0 atom stereocenters. The Balaban J connectivity index is 1.43. The molecule has 0 saturated carbocycles. The SMILES string of the molecule is COc1cccc(-c2cc(NC(=O)Nc3ccc(N(CCCl)CCCl)cc3)c3cc(N4CCCC4)ccc3n2)c1. The number of halogens is 2. The van der Waals surface area contributed by atoms with Crippen molar-refractivity contribution < 1.29 is 9.53 Å². The number of rotatable bonds is 10. The number of nitrogens with one attached hydrogen (secondary N) is 2. The summed E-state index contributed by atoms with van der Waals surface area (Å²) in [6.45, 7) is 3.47. The van der Waals surface area contributed by atoms with Crippen LogP contribution in [0.25, 0.3) is 22.2 Å². The fourth-order valence-electron chi connectivity index (χ4n) is 5.03. The van der Waals surface area contributed by atoms with Crippen LogP contribution in [0.15, 0.2) is 72.8 Å². The number of methoxy groups -OCH3 is 1. The van der Waals surface area contributed by atoms with Gasteiger partial charge in [0.2, 0.25) is 0 Å². The van der Waals surface area contributed by atoms with E-state index in [1.165, 1.54) is 12.8 Å². The summed E-state index contributed by atoms with van der Waals surface area (Å²) in [5.74, 6) is 1.77. The van der Waals surface area contributed by atoms with E-state index in [0.29, 0.717) is 36.2 Å². The monoisotopic (exact) mass is 577 g/mol. The first-order chi connectivity index (χ1) is 19.6. The van der Waals surface area contributed by atoms with Crippen molar-refractivity contribution in [1.29, 1.82) is 0 Å². The number of ether oxygens (including phenoxy) is 1. The van der Waals surface area contributed by atoms with Crippen molar-refractivity contribution in [2.75, 3.05) is 65.5 Å². The number of hydrogen-bond donors (Lipinski definition) is 2. The number of anilines is 4. The maximum absolute atomic E-state index is 13.2. The van der Waals surface area contributed by atoms with Crippen LogP contribution < -0.4 is 25.2 Å². The van der Waals surface area contributed by atoms with Crippen LogP contribution in [-0.4, -0.2) is 56.1 Å². The Labute approximate surface area is 245 Å². The number of fused-ring (bicyclic) bond motifs is 1. The summed E-state index contributed by atoms with van der Waals surface area (Å²) in [5.41, 5.74) is 5.97. The molecule has 2 N–H and O–H groups in total. The fraction of sp³-hybridized carbons (Fsp3) is 0.290. The Kier molecular flexibility index (Phi) is 9.14. The highest BCUT2D eigenvalue weighted by atomic mass is 35.5. The Morgan fingerprint density at radius 1 is 0.950 bits per heavy atom. The lowest BCUT2D eigenvalue weighted by Crippen LogP contribution is -2.27. The zero-order valence-electron chi connectivity index (χ0n) is 22.5. The summed E-state index contributed by atoms with van der Waals surface area (Å²) < 4.78 is 5.42. The van der Waals surface area contributed by atoms with E-state index in [1.807, 2.05) is 60.7 Å². The van der Waals surface area contributed by atoms with Crippen LogP contribution in [0.4, 0.5) is 27.5 Å². The summed E-state index contributed by atoms with van der Waals surface area (Å²) in [7, 11) is 1.64. The smallest absolute Gasteiger partial charge is 0.323 e. The summed E-state index contributed by atoms with van der Waals surface area (Å²) in [6, 6.07) is 23.3. The molecule has 208 valence electrons. The number of nitrogens with zero attached hydrogens (tertiary/aromatic N) is 3. The summed E-state index contributed by atoms with van der Waals surface area (Å²) in [5, 5.41) is 6.93. The average Bonchev–Trinajstić information content (AvgIpc) is 3.52. The van der Waals surface area contributed by atoms with Crippen LogP contribution in [-0.2, 0) is 0 Å². The van der Waals surface area contributed by atoms with Gasteiger partial charge in [0.05, 0.1) is 24.0 Å². The number of pyridine rings is 1. The zero-order chi connectivity index (χ0) is 27.9. The Bertz CT molecular complexity index is 1450. The van der Waals surface area contributed by atoms with Crippen LogP contribution >= 0.6 is 23.2 Å². The molecule has 2 heterocycles. The molecule has 0 bridgehead atoms. The number of amides is 2. The van der Waals surface area contributed by atoms with E-state index in [1.54, 1.807) is 7.11 Å². The molecule has 40 heavy (non-hydrogen) atoms. The maximum atomic E-state index is 13.2. The predicted octanol–water partition coefficient (Wildman–Crippen LogP) is 7.44. The zero-order valence-corrected chi connectivity index (χ0v) is 24.0. The van der Waals surface area contributed by atoms with Crippen molar-refractivity contribution in [3.8, 4) is 17.0 Å². The summed E-state index contributed by atoms with van der Waals surface area (Å²) in [4.78, 5) is 22.6. The lowest BCUT2D eigenvalue weighted by molar-refractivity contribution is 0.262. The number of urea groups is 1. The molecule has 4 aromatic rings. The molecule has 7 nitrogen and oxygen atoms in total. The quantitative estimate of drug-likeness (QED) is 0.192. The Hall–Kier alpha value is -3.68.